The number of allylic oxidation sites excluding steroid dienone is 1. The van der Waals surface area contributed by atoms with E-state index in [1.807, 2.05) is 49.4 Å². The summed E-state index contributed by atoms with van der Waals surface area (Å²) in [6.07, 6.45) is 4.17. The highest BCUT2D eigenvalue weighted by molar-refractivity contribution is 5.99. The second-order valence-corrected chi connectivity index (χ2v) is 5.42. The first kappa shape index (κ1) is 18.1. The molecule has 0 aliphatic carbocycles. The molecule has 0 radical (unpaired) electrons. The molecule has 5 heteroatoms. The van der Waals surface area contributed by atoms with Crippen molar-refractivity contribution < 1.29 is 9.59 Å². The van der Waals surface area contributed by atoms with Crippen molar-refractivity contribution >= 4 is 29.3 Å². The van der Waals surface area contributed by atoms with Crippen LogP contribution < -0.4 is 10.7 Å². The average molecular weight is 335 g/mol. The van der Waals surface area contributed by atoms with Crippen LogP contribution >= 0.6 is 0 Å². The smallest absolute Gasteiger partial charge is 0.271 e. The van der Waals surface area contributed by atoms with Gasteiger partial charge in [0, 0.05) is 17.7 Å². The summed E-state index contributed by atoms with van der Waals surface area (Å²) in [4.78, 5) is 23.4. The Labute approximate surface area is 147 Å². The molecule has 25 heavy (non-hydrogen) atoms. The van der Waals surface area contributed by atoms with Gasteiger partial charge in [0.25, 0.3) is 5.91 Å². The Morgan fingerprint density at radius 1 is 1.04 bits per heavy atom. The standard InChI is InChI=1S/C20H21N3O2/c1-3-19(24)21-18-13-11-17(12-14-18)20(25)23-22-15(2)9-10-16-7-5-4-6-8-16/h4-14H,3H2,1-2H3,(H,21,24)(H,23,25)/b10-9+,22-15+. The highest BCUT2D eigenvalue weighted by Crippen LogP contribution is 2.10. The highest BCUT2D eigenvalue weighted by Gasteiger charge is 2.05. The summed E-state index contributed by atoms with van der Waals surface area (Å²) in [5, 5.41) is 6.79. The van der Waals surface area contributed by atoms with Crippen LogP contribution in [0.2, 0.25) is 0 Å². The fraction of sp³-hybridized carbons (Fsp3) is 0.150. The molecule has 0 saturated carbocycles. The predicted octanol–water partition coefficient (Wildman–Crippen LogP) is 3.85. The second kappa shape index (κ2) is 9.17. The lowest BCUT2D eigenvalue weighted by atomic mass is 10.2. The number of amides is 2. The zero-order valence-electron chi connectivity index (χ0n) is 14.3. The maximum absolute atomic E-state index is 12.1. The fourth-order valence-electron chi connectivity index (χ4n) is 1.98. The van der Waals surface area contributed by atoms with Crippen LogP contribution in [0.15, 0.2) is 65.8 Å². The molecule has 2 aromatic rings. The molecule has 0 heterocycles. The monoisotopic (exact) mass is 335 g/mol. The zero-order chi connectivity index (χ0) is 18.1. The summed E-state index contributed by atoms with van der Waals surface area (Å²) < 4.78 is 0. The molecule has 0 aromatic heterocycles. The lowest BCUT2D eigenvalue weighted by Crippen LogP contribution is -2.18. The van der Waals surface area contributed by atoms with Crippen molar-refractivity contribution in [3.63, 3.8) is 0 Å². The Morgan fingerprint density at radius 3 is 2.36 bits per heavy atom. The second-order valence-electron chi connectivity index (χ2n) is 5.42. The molecule has 0 fully saturated rings. The highest BCUT2D eigenvalue weighted by atomic mass is 16.2. The first-order chi connectivity index (χ1) is 12.1. The van der Waals surface area contributed by atoms with Crippen molar-refractivity contribution in [2.24, 2.45) is 5.10 Å². The van der Waals surface area contributed by atoms with Crippen molar-refractivity contribution in [3.8, 4) is 0 Å². The molecule has 128 valence electrons. The van der Waals surface area contributed by atoms with Gasteiger partial charge in [0.05, 0.1) is 5.71 Å². The lowest BCUT2D eigenvalue weighted by Gasteiger charge is -2.05. The third-order valence-electron chi connectivity index (χ3n) is 3.40. The summed E-state index contributed by atoms with van der Waals surface area (Å²) in [7, 11) is 0. The molecule has 0 saturated heterocycles. The first-order valence-corrected chi connectivity index (χ1v) is 8.06. The predicted molar refractivity (Wildman–Crippen MR) is 101 cm³/mol. The van der Waals surface area contributed by atoms with E-state index in [-0.39, 0.29) is 11.8 Å². The van der Waals surface area contributed by atoms with Gasteiger partial charge < -0.3 is 5.32 Å². The van der Waals surface area contributed by atoms with Crippen molar-refractivity contribution in [3.05, 3.63) is 71.8 Å². The number of carbonyl (C=O) groups excluding carboxylic acids is 2. The SMILES string of the molecule is CCC(=O)Nc1ccc(C(=O)N/N=C(C)/C=C/c2ccccc2)cc1. The third-order valence-corrected chi connectivity index (χ3v) is 3.40. The van der Waals surface area contributed by atoms with Crippen LogP contribution in [0.25, 0.3) is 6.08 Å². The van der Waals surface area contributed by atoms with Crippen LogP contribution in [-0.2, 0) is 4.79 Å². The van der Waals surface area contributed by atoms with Crippen molar-refractivity contribution in [2.45, 2.75) is 20.3 Å². The minimum absolute atomic E-state index is 0.0670. The topological polar surface area (TPSA) is 70.6 Å². The maximum atomic E-state index is 12.1. The van der Waals surface area contributed by atoms with Gasteiger partial charge in [-0.25, -0.2) is 5.43 Å². The minimum Gasteiger partial charge on any atom is -0.326 e. The van der Waals surface area contributed by atoms with Crippen LogP contribution in [0.1, 0.15) is 36.2 Å². The van der Waals surface area contributed by atoms with Crippen LogP contribution in [0.4, 0.5) is 5.69 Å². The maximum Gasteiger partial charge on any atom is 0.271 e. The Kier molecular flexibility index (Phi) is 6.65. The van der Waals surface area contributed by atoms with Gasteiger partial charge in [-0.05, 0) is 42.8 Å². The Bertz CT molecular complexity index is 778. The number of hydrazone groups is 1. The van der Waals surface area contributed by atoms with Crippen LogP contribution in [-0.4, -0.2) is 17.5 Å². The Morgan fingerprint density at radius 2 is 1.72 bits per heavy atom. The number of anilines is 1. The molecular formula is C20H21N3O2. The molecule has 0 aliphatic rings. The van der Waals surface area contributed by atoms with E-state index in [1.54, 1.807) is 31.2 Å². The van der Waals surface area contributed by atoms with Crippen molar-refractivity contribution in [2.75, 3.05) is 5.32 Å². The molecule has 0 unspecified atom stereocenters. The largest absolute Gasteiger partial charge is 0.326 e. The normalized spacial score (nSPS) is 11.4. The van der Waals surface area contributed by atoms with Gasteiger partial charge in [-0.1, -0.05) is 43.3 Å². The van der Waals surface area contributed by atoms with E-state index in [0.29, 0.717) is 23.4 Å². The van der Waals surface area contributed by atoms with E-state index in [0.717, 1.165) is 5.56 Å². The molecule has 0 aliphatic heterocycles. The quantitative estimate of drug-likeness (QED) is 0.622. The molecule has 2 amide bonds. The van der Waals surface area contributed by atoms with Gasteiger partial charge in [-0.15, -0.1) is 0 Å². The van der Waals surface area contributed by atoms with Crippen LogP contribution in [0.5, 0.6) is 0 Å². The number of nitrogens with zero attached hydrogens (tertiary/aromatic N) is 1. The summed E-state index contributed by atoms with van der Waals surface area (Å²) in [5.74, 6) is -0.372. The van der Waals surface area contributed by atoms with Gasteiger partial charge >= 0.3 is 0 Å². The van der Waals surface area contributed by atoms with E-state index in [2.05, 4.69) is 15.8 Å². The number of rotatable bonds is 6. The van der Waals surface area contributed by atoms with Gasteiger partial charge in [0.15, 0.2) is 0 Å². The van der Waals surface area contributed by atoms with E-state index in [1.165, 1.54) is 0 Å². The molecule has 2 N–H and O–H groups in total. The summed E-state index contributed by atoms with van der Waals surface area (Å²) in [6, 6.07) is 16.5. The molecule has 0 spiro atoms. The molecular weight excluding hydrogens is 314 g/mol. The summed E-state index contributed by atoms with van der Waals surface area (Å²) in [6.45, 7) is 3.59. The lowest BCUT2D eigenvalue weighted by molar-refractivity contribution is -0.115. The number of benzene rings is 2. The average Bonchev–Trinajstić information content (AvgIpc) is 2.65. The summed E-state index contributed by atoms with van der Waals surface area (Å²) in [5.41, 5.74) is 5.40. The van der Waals surface area contributed by atoms with Gasteiger partial charge in [0.2, 0.25) is 5.91 Å². The van der Waals surface area contributed by atoms with Gasteiger partial charge in [-0.2, -0.15) is 5.10 Å². The molecule has 0 atom stereocenters. The number of hydrogen-bond donors (Lipinski definition) is 2. The fourth-order valence-corrected chi connectivity index (χ4v) is 1.98. The number of hydrogen-bond acceptors (Lipinski definition) is 3. The first-order valence-electron chi connectivity index (χ1n) is 8.06. The number of nitrogens with one attached hydrogen (secondary N) is 2. The zero-order valence-corrected chi connectivity index (χ0v) is 14.3. The van der Waals surface area contributed by atoms with E-state index >= 15 is 0 Å². The molecule has 2 rings (SSSR count). The van der Waals surface area contributed by atoms with E-state index in [4.69, 9.17) is 0 Å². The minimum atomic E-state index is -0.305. The van der Waals surface area contributed by atoms with Crippen molar-refractivity contribution in [1.29, 1.82) is 0 Å². The van der Waals surface area contributed by atoms with E-state index < -0.39 is 0 Å². The van der Waals surface area contributed by atoms with Crippen LogP contribution in [0.3, 0.4) is 0 Å². The molecule has 0 bridgehead atoms. The van der Waals surface area contributed by atoms with Crippen molar-refractivity contribution in [1.82, 2.24) is 5.43 Å². The Balaban J connectivity index is 1.92. The Hall–Kier alpha value is -3.21. The number of carbonyl (C=O) groups is 2. The summed E-state index contributed by atoms with van der Waals surface area (Å²) >= 11 is 0. The molecule has 2 aromatic carbocycles. The van der Waals surface area contributed by atoms with Gasteiger partial charge in [0.1, 0.15) is 0 Å². The van der Waals surface area contributed by atoms with Crippen LogP contribution in [0, 0.1) is 0 Å². The molecule has 5 nitrogen and oxygen atoms in total. The van der Waals surface area contributed by atoms with E-state index in [9.17, 15) is 9.59 Å². The van der Waals surface area contributed by atoms with Gasteiger partial charge in [-0.3, -0.25) is 9.59 Å². The third kappa shape index (κ3) is 6.06.